The summed E-state index contributed by atoms with van der Waals surface area (Å²) in [5.41, 5.74) is 10.1. The Morgan fingerprint density at radius 3 is 2.84 bits per heavy atom. The number of nitrogens with one attached hydrogen (secondary N) is 1. The van der Waals surface area contributed by atoms with Crippen molar-refractivity contribution in [1.29, 1.82) is 0 Å². The third kappa shape index (κ3) is 3.02. The van der Waals surface area contributed by atoms with E-state index in [1.807, 2.05) is 23.7 Å². The molecule has 0 radical (unpaired) electrons. The van der Waals surface area contributed by atoms with E-state index in [4.69, 9.17) is 15.7 Å². The molecular weight excluding hydrogens is 242 g/mol. The molecule has 0 atom stereocenters. The molecule has 5 nitrogen and oxygen atoms in total. The maximum Gasteiger partial charge on any atom is 0.144 e. The van der Waals surface area contributed by atoms with Gasteiger partial charge in [-0.05, 0) is 24.3 Å². The molecule has 98 valence electrons. The lowest BCUT2D eigenvalue weighted by Crippen LogP contribution is -2.04. The van der Waals surface area contributed by atoms with Crippen LogP contribution in [0.2, 0.25) is 0 Å². The molecule has 0 aliphatic carbocycles. The number of aromatic nitrogens is 1. The minimum absolute atomic E-state index is 0.274. The Labute approximate surface area is 111 Å². The highest BCUT2D eigenvalue weighted by atomic mass is 16.5. The summed E-state index contributed by atoms with van der Waals surface area (Å²) in [6.45, 7) is 4.19. The van der Waals surface area contributed by atoms with Crippen LogP contribution in [-0.4, -0.2) is 16.8 Å². The zero-order valence-electron chi connectivity index (χ0n) is 10.3. The maximum absolute atomic E-state index is 8.89. The van der Waals surface area contributed by atoms with Gasteiger partial charge >= 0.3 is 0 Å². The van der Waals surface area contributed by atoms with Crippen molar-refractivity contribution in [2.75, 3.05) is 17.8 Å². The van der Waals surface area contributed by atoms with Gasteiger partial charge < -0.3 is 10.5 Å². The Morgan fingerprint density at radius 1 is 1.32 bits per heavy atom. The summed E-state index contributed by atoms with van der Waals surface area (Å²) in [6, 6.07) is 10.7. The highest BCUT2D eigenvalue weighted by molar-refractivity contribution is 5.72. The maximum atomic E-state index is 8.89. The van der Waals surface area contributed by atoms with Crippen LogP contribution in [0.3, 0.4) is 0 Å². The highest BCUT2D eigenvalue weighted by Gasteiger charge is 2.07. The number of hydrogen-bond donors (Lipinski definition) is 3. The molecule has 0 spiro atoms. The van der Waals surface area contributed by atoms with Gasteiger partial charge in [0.25, 0.3) is 0 Å². The summed E-state index contributed by atoms with van der Waals surface area (Å²) in [5.74, 6) is 0.483. The molecule has 1 aromatic carbocycles. The zero-order chi connectivity index (χ0) is 13.7. The van der Waals surface area contributed by atoms with E-state index >= 15 is 0 Å². The first kappa shape index (κ1) is 12.9. The summed E-state index contributed by atoms with van der Waals surface area (Å²) in [4.78, 5) is 4.18. The van der Waals surface area contributed by atoms with Crippen LogP contribution >= 0.6 is 0 Å². The standard InChI is InChI=1S/C14H15N3O2/c1-10(11-5-2-3-8-16-11)9-19-13-7-4-6-12(17-18)14(13)15/h2-8,17-18H,1,9,15H2. The van der Waals surface area contributed by atoms with E-state index in [1.165, 1.54) is 0 Å². The van der Waals surface area contributed by atoms with Gasteiger partial charge in [-0.25, -0.2) is 0 Å². The van der Waals surface area contributed by atoms with Crippen LogP contribution in [0.4, 0.5) is 11.4 Å². The lowest BCUT2D eigenvalue weighted by atomic mass is 10.2. The number of ether oxygens (including phenoxy) is 1. The molecule has 2 aromatic rings. The molecule has 1 heterocycles. The largest absolute Gasteiger partial charge is 0.487 e. The third-order valence-corrected chi connectivity index (χ3v) is 2.62. The molecule has 0 amide bonds. The van der Waals surface area contributed by atoms with Gasteiger partial charge in [-0.3, -0.25) is 15.7 Å². The summed E-state index contributed by atoms with van der Waals surface area (Å²) in [5, 5.41) is 8.89. The lowest BCUT2D eigenvalue weighted by molar-refractivity contribution is 0.369. The first-order chi connectivity index (χ1) is 9.22. The molecule has 1 aromatic heterocycles. The Bertz CT molecular complexity index is 570. The second kappa shape index (κ2) is 5.88. The molecule has 5 heteroatoms. The fourth-order valence-electron chi connectivity index (χ4n) is 1.58. The van der Waals surface area contributed by atoms with Crippen molar-refractivity contribution in [2.24, 2.45) is 0 Å². The Hall–Kier alpha value is -2.53. The van der Waals surface area contributed by atoms with Crippen molar-refractivity contribution in [3.8, 4) is 5.75 Å². The van der Waals surface area contributed by atoms with Gasteiger partial charge in [-0.15, -0.1) is 0 Å². The number of nitrogens with zero attached hydrogens (tertiary/aromatic N) is 1. The molecule has 0 saturated carbocycles. The van der Waals surface area contributed by atoms with E-state index in [0.717, 1.165) is 11.3 Å². The summed E-state index contributed by atoms with van der Waals surface area (Å²) < 4.78 is 5.58. The quantitative estimate of drug-likeness (QED) is 0.566. The van der Waals surface area contributed by atoms with Gasteiger partial charge in [0.1, 0.15) is 18.0 Å². The first-order valence-corrected chi connectivity index (χ1v) is 5.73. The number of pyridine rings is 1. The average Bonchev–Trinajstić information content (AvgIpc) is 2.47. The van der Waals surface area contributed by atoms with Crippen LogP contribution < -0.4 is 16.0 Å². The predicted octanol–water partition coefficient (Wildman–Crippen LogP) is 2.56. The van der Waals surface area contributed by atoms with Crippen LogP contribution in [0, 0.1) is 0 Å². The summed E-state index contributed by atoms with van der Waals surface area (Å²) in [6.07, 6.45) is 1.70. The van der Waals surface area contributed by atoms with Crippen molar-refractivity contribution in [3.63, 3.8) is 0 Å². The SMILES string of the molecule is C=C(COc1cccc(NO)c1N)c1ccccn1. The van der Waals surface area contributed by atoms with Gasteiger partial charge in [-0.1, -0.05) is 18.7 Å². The zero-order valence-corrected chi connectivity index (χ0v) is 10.3. The highest BCUT2D eigenvalue weighted by Crippen LogP contribution is 2.29. The van der Waals surface area contributed by atoms with Crippen molar-refractivity contribution < 1.29 is 9.94 Å². The van der Waals surface area contributed by atoms with Gasteiger partial charge in [0.05, 0.1) is 11.4 Å². The van der Waals surface area contributed by atoms with Gasteiger partial charge in [0, 0.05) is 11.8 Å². The topological polar surface area (TPSA) is 80.4 Å². The van der Waals surface area contributed by atoms with E-state index in [0.29, 0.717) is 17.1 Å². The molecule has 0 bridgehead atoms. The van der Waals surface area contributed by atoms with Gasteiger partial charge in [-0.2, -0.15) is 0 Å². The van der Waals surface area contributed by atoms with E-state index < -0.39 is 0 Å². The lowest BCUT2D eigenvalue weighted by Gasteiger charge is -2.12. The number of nitrogen functional groups attached to an aromatic ring is 1. The molecule has 0 aliphatic rings. The van der Waals surface area contributed by atoms with Gasteiger partial charge in [0.2, 0.25) is 0 Å². The molecule has 0 fully saturated rings. The Balaban J connectivity index is 2.05. The van der Waals surface area contributed by atoms with Crippen LogP contribution in [0.1, 0.15) is 5.69 Å². The van der Waals surface area contributed by atoms with Crippen molar-refractivity contribution in [1.82, 2.24) is 4.98 Å². The van der Waals surface area contributed by atoms with Crippen LogP contribution in [-0.2, 0) is 0 Å². The van der Waals surface area contributed by atoms with E-state index in [2.05, 4.69) is 11.6 Å². The second-order valence-corrected chi connectivity index (χ2v) is 3.94. The Kier molecular flexibility index (Phi) is 4.00. The minimum atomic E-state index is 0.274. The smallest absolute Gasteiger partial charge is 0.144 e. The molecule has 19 heavy (non-hydrogen) atoms. The van der Waals surface area contributed by atoms with Crippen LogP contribution in [0.5, 0.6) is 5.75 Å². The number of rotatable bonds is 5. The third-order valence-electron chi connectivity index (χ3n) is 2.62. The Morgan fingerprint density at radius 2 is 2.16 bits per heavy atom. The fourth-order valence-corrected chi connectivity index (χ4v) is 1.58. The van der Waals surface area contributed by atoms with Gasteiger partial charge in [0.15, 0.2) is 0 Å². The number of para-hydroxylation sites is 1. The molecule has 4 N–H and O–H groups in total. The average molecular weight is 257 g/mol. The number of nitrogens with two attached hydrogens (primary N) is 1. The summed E-state index contributed by atoms with van der Waals surface area (Å²) in [7, 11) is 0. The number of benzene rings is 1. The molecule has 0 aliphatic heterocycles. The molecule has 0 saturated heterocycles. The first-order valence-electron chi connectivity index (χ1n) is 5.73. The second-order valence-electron chi connectivity index (χ2n) is 3.94. The van der Waals surface area contributed by atoms with Crippen LogP contribution in [0.25, 0.3) is 5.57 Å². The van der Waals surface area contributed by atoms with E-state index in [9.17, 15) is 0 Å². The molecular formula is C14H15N3O2. The summed E-state index contributed by atoms with van der Waals surface area (Å²) >= 11 is 0. The van der Waals surface area contributed by atoms with Crippen molar-refractivity contribution >= 4 is 16.9 Å². The molecule has 2 rings (SSSR count). The predicted molar refractivity (Wildman–Crippen MR) is 75.0 cm³/mol. The van der Waals surface area contributed by atoms with E-state index in [-0.39, 0.29) is 6.61 Å². The van der Waals surface area contributed by atoms with Crippen molar-refractivity contribution in [2.45, 2.75) is 0 Å². The van der Waals surface area contributed by atoms with Crippen molar-refractivity contribution in [3.05, 3.63) is 54.9 Å². The molecule has 0 unspecified atom stereocenters. The number of anilines is 2. The van der Waals surface area contributed by atoms with Crippen LogP contribution in [0.15, 0.2) is 49.2 Å². The minimum Gasteiger partial charge on any atom is -0.487 e. The van der Waals surface area contributed by atoms with E-state index in [1.54, 1.807) is 24.4 Å². The number of hydrogen-bond acceptors (Lipinski definition) is 5. The monoisotopic (exact) mass is 257 g/mol. The fraction of sp³-hybridized carbons (Fsp3) is 0.0714. The normalized spacial score (nSPS) is 9.95.